The van der Waals surface area contributed by atoms with Crippen molar-refractivity contribution in [3.63, 3.8) is 0 Å². The molecular formula is C16H15ClINO. The highest BCUT2D eigenvalue weighted by Gasteiger charge is 2.21. The standard InChI is InChI=1S/C16H15ClINO/c17-15-2-1-3-16(14(15)10-19-12-6-7-12)20-13-8-4-11(18)5-9-13/h1-5,8-9,12,19H,6-7,10H2. The second-order valence-electron chi connectivity index (χ2n) is 4.93. The summed E-state index contributed by atoms with van der Waals surface area (Å²) in [4.78, 5) is 0. The summed E-state index contributed by atoms with van der Waals surface area (Å²) >= 11 is 8.58. The van der Waals surface area contributed by atoms with Gasteiger partial charge in [0.25, 0.3) is 0 Å². The number of benzene rings is 2. The Balaban J connectivity index is 1.80. The van der Waals surface area contributed by atoms with Crippen LogP contribution in [0, 0.1) is 3.57 Å². The van der Waals surface area contributed by atoms with E-state index >= 15 is 0 Å². The zero-order chi connectivity index (χ0) is 13.9. The minimum Gasteiger partial charge on any atom is -0.457 e. The predicted molar refractivity (Wildman–Crippen MR) is 90.5 cm³/mol. The molecule has 1 saturated carbocycles. The van der Waals surface area contributed by atoms with E-state index in [2.05, 4.69) is 27.9 Å². The van der Waals surface area contributed by atoms with Gasteiger partial charge in [0.1, 0.15) is 11.5 Å². The number of rotatable bonds is 5. The number of hydrogen-bond acceptors (Lipinski definition) is 2. The van der Waals surface area contributed by atoms with Crippen LogP contribution in [-0.2, 0) is 6.54 Å². The Hall–Kier alpha value is -0.780. The molecule has 2 aromatic rings. The number of ether oxygens (including phenoxy) is 1. The minimum atomic E-state index is 0.650. The lowest BCUT2D eigenvalue weighted by Crippen LogP contribution is -2.16. The van der Waals surface area contributed by atoms with Gasteiger partial charge in [-0.25, -0.2) is 0 Å². The molecule has 0 atom stereocenters. The summed E-state index contributed by atoms with van der Waals surface area (Å²) < 4.78 is 7.16. The molecule has 0 radical (unpaired) electrons. The molecular weight excluding hydrogens is 385 g/mol. The Morgan fingerprint density at radius 1 is 1.15 bits per heavy atom. The highest BCUT2D eigenvalue weighted by molar-refractivity contribution is 14.1. The van der Waals surface area contributed by atoms with Crippen LogP contribution in [0.2, 0.25) is 5.02 Å². The molecule has 0 bridgehead atoms. The third-order valence-corrected chi connectivity index (χ3v) is 4.34. The molecule has 0 aliphatic heterocycles. The monoisotopic (exact) mass is 399 g/mol. The topological polar surface area (TPSA) is 21.3 Å². The van der Waals surface area contributed by atoms with E-state index in [9.17, 15) is 0 Å². The lowest BCUT2D eigenvalue weighted by Gasteiger charge is -2.13. The molecule has 3 rings (SSSR count). The lowest BCUT2D eigenvalue weighted by atomic mass is 10.2. The van der Waals surface area contributed by atoms with Crippen LogP contribution in [-0.4, -0.2) is 6.04 Å². The molecule has 0 unspecified atom stereocenters. The molecule has 104 valence electrons. The van der Waals surface area contributed by atoms with Crippen molar-refractivity contribution in [2.45, 2.75) is 25.4 Å². The van der Waals surface area contributed by atoms with E-state index in [1.165, 1.54) is 16.4 Å². The average Bonchev–Trinajstić information content (AvgIpc) is 3.25. The molecule has 2 aromatic carbocycles. The summed E-state index contributed by atoms with van der Waals surface area (Å²) in [5.74, 6) is 1.66. The van der Waals surface area contributed by atoms with Gasteiger partial charge in [-0.2, -0.15) is 0 Å². The zero-order valence-corrected chi connectivity index (χ0v) is 13.8. The fourth-order valence-corrected chi connectivity index (χ4v) is 2.56. The van der Waals surface area contributed by atoms with Gasteiger partial charge in [0.15, 0.2) is 0 Å². The molecule has 0 aromatic heterocycles. The highest BCUT2D eigenvalue weighted by Crippen LogP contribution is 2.31. The Labute approximate surface area is 137 Å². The molecule has 1 N–H and O–H groups in total. The van der Waals surface area contributed by atoms with Crippen LogP contribution >= 0.6 is 34.2 Å². The Bertz CT molecular complexity index is 596. The van der Waals surface area contributed by atoms with Crippen molar-refractivity contribution in [3.8, 4) is 11.5 Å². The van der Waals surface area contributed by atoms with Crippen LogP contribution in [0.5, 0.6) is 11.5 Å². The van der Waals surface area contributed by atoms with Gasteiger partial charge in [0.05, 0.1) is 0 Å². The summed E-state index contributed by atoms with van der Waals surface area (Å²) in [5, 5.41) is 4.23. The van der Waals surface area contributed by atoms with Gasteiger partial charge in [-0.1, -0.05) is 17.7 Å². The Kier molecular flexibility index (Phi) is 4.48. The quantitative estimate of drug-likeness (QED) is 0.715. The van der Waals surface area contributed by atoms with Crippen LogP contribution in [0.1, 0.15) is 18.4 Å². The smallest absolute Gasteiger partial charge is 0.133 e. The number of nitrogens with one attached hydrogen (secondary N) is 1. The summed E-state index contributed by atoms with van der Waals surface area (Å²) in [6, 6.07) is 14.5. The van der Waals surface area contributed by atoms with Crippen LogP contribution in [0.15, 0.2) is 42.5 Å². The first-order valence-electron chi connectivity index (χ1n) is 6.66. The van der Waals surface area contributed by atoms with Crippen LogP contribution in [0.3, 0.4) is 0 Å². The van der Waals surface area contributed by atoms with Crippen molar-refractivity contribution < 1.29 is 4.74 Å². The van der Waals surface area contributed by atoms with Gasteiger partial charge >= 0.3 is 0 Å². The van der Waals surface area contributed by atoms with Crippen LogP contribution < -0.4 is 10.1 Å². The first kappa shape index (κ1) is 14.2. The van der Waals surface area contributed by atoms with Crippen molar-refractivity contribution in [2.75, 3.05) is 0 Å². The molecule has 0 spiro atoms. The second kappa shape index (κ2) is 6.33. The van der Waals surface area contributed by atoms with E-state index in [0.29, 0.717) is 6.04 Å². The predicted octanol–water partition coefficient (Wildman–Crippen LogP) is 4.99. The third kappa shape index (κ3) is 3.65. The molecule has 1 aliphatic rings. The van der Waals surface area contributed by atoms with Gasteiger partial charge in [0, 0.05) is 26.7 Å². The summed E-state index contributed by atoms with van der Waals surface area (Å²) in [5.41, 5.74) is 1.03. The molecule has 20 heavy (non-hydrogen) atoms. The van der Waals surface area contributed by atoms with E-state index in [1.54, 1.807) is 0 Å². The first-order chi connectivity index (χ1) is 9.72. The number of hydrogen-bond donors (Lipinski definition) is 1. The fraction of sp³-hybridized carbons (Fsp3) is 0.250. The SMILES string of the molecule is Clc1cccc(Oc2ccc(I)cc2)c1CNC1CC1. The van der Waals surface area contributed by atoms with E-state index in [1.807, 2.05) is 42.5 Å². The highest BCUT2D eigenvalue weighted by atomic mass is 127. The molecule has 1 aliphatic carbocycles. The maximum Gasteiger partial charge on any atom is 0.133 e. The van der Waals surface area contributed by atoms with Crippen molar-refractivity contribution in [3.05, 3.63) is 56.6 Å². The summed E-state index contributed by atoms with van der Waals surface area (Å²) in [7, 11) is 0. The minimum absolute atomic E-state index is 0.650. The van der Waals surface area contributed by atoms with Gasteiger partial charge < -0.3 is 10.1 Å². The van der Waals surface area contributed by atoms with Gasteiger partial charge in [0.2, 0.25) is 0 Å². The second-order valence-corrected chi connectivity index (χ2v) is 6.58. The van der Waals surface area contributed by atoms with E-state index < -0.39 is 0 Å². The van der Waals surface area contributed by atoms with Crippen LogP contribution in [0.4, 0.5) is 0 Å². The van der Waals surface area contributed by atoms with E-state index in [4.69, 9.17) is 16.3 Å². The maximum atomic E-state index is 6.30. The zero-order valence-electron chi connectivity index (χ0n) is 10.9. The normalized spacial score (nSPS) is 14.3. The maximum absolute atomic E-state index is 6.30. The average molecular weight is 400 g/mol. The van der Waals surface area contributed by atoms with Gasteiger partial charge in [-0.15, -0.1) is 0 Å². The van der Waals surface area contributed by atoms with Gasteiger partial charge in [-0.3, -0.25) is 0 Å². The van der Waals surface area contributed by atoms with Crippen molar-refractivity contribution in [1.82, 2.24) is 5.32 Å². The summed E-state index contributed by atoms with van der Waals surface area (Å²) in [6.45, 7) is 0.754. The fourth-order valence-electron chi connectivity index (χ4n) is 1.97. The summed E-state index contributed by atoms with van der Waals surface area (Å²) in [6.07, 6.45) is 2.52. The van der Waals surface area contributed by atoms with Crippen LogP contribution in [0.25, 0.3) is 0 Å². The Morgan fingerprint density at radius 2 is 1.90 bits per heavy atom. The van der Waals surface area contributed by atoms with E-state index in [-0.39, 0.29) is 0 Å². The molecule has 1 fully saturated rings. The molecule has 0 amide bonds. The third-order valence-electron chi connectivity index (χ3n) is 3.26. The molecule has 0 heterocycles. The van der Waals surface area contributed by atoms with Crippen molar-refractivity contribution in [1.29, 1.82) is 0 Å². The first-order valence-corrected chi connectivity index (χ1v) is 8.12. The van der Waals surface area contributed by atoms with Crippen molar-refractivity contribution >= 4 is 34.2 Å². The van der Waals surface area contributed by atoms with Crippen molar-refractivity contribution in [2.24, 2.45) is 0 Å². The lowest BCUT2D eigenvalue weighted by molar-refractivity contribution is 0.472. The number of halogens is 2. The molecule has 4 heteroatoms. The van der Waals surface area contributed by atoms with E-state index in [0.717, 1.165) is 28.6 Å². The molecule has 0 saturated heterocycles. The van der Waals surface area contributed by atoms with Gasteiger partial charge in [-0.05, 0) is 71.8 Å². The Morgan fingerprint density at radius 3 is 2.60 bits per heavy atom. The largest absolute Gasteiger partial charge is 0.457 e. The molecule has 2 nitrogen and oxygen atoms in total.